The molecule has 1 fully saturated rings. The lowest BCUT2D eigenvalue weighted by Crippen LogP contribution is -2.36. The van der Waals surface area contributed by atoms with Crippen LogP contribution in [0.3, 0.4) is 0 Å². The molecule has 1 aliphatic rings. The van der Waals surface area contributed by atoms with Crippen molar-refractivity contribution < 1.29 is 26.4 Å². The van der Waals surface area contributed by atoms with Gasteiger partial charge in [-0.15, -0.1) is 0 Å². The minimum Gasteiger partial charge on any atom is -0.370 e. The molecule has 2 amide bonds. The molecule has 0 atom stereocenters. The molecule has 162 valence electrons. The first-order valence-corrected chi connectivity index (χ1v) is 10.9. The molecule has 2 aromatic carbocycles. The number of alkyl halides is 3. The number of carbonyl (C=O) groups is 1. The molecule has 0 aliphatic carbocycles. The zero-order valence-electron chi connectivity index (χ0n) is 16.3. The monoisotopic (exact) mass is 441 g/mol. The van der Waals surface area contributed by atoms with Gasteiger partial charge in [0, 0.05) is 13.1 Å². The highest BCUT2D eigenvalue weighted by atomic mass is 32.2. The fraction of sp³-hybridized carbons (Fsp3) is 0.350. The van der Waals surface area contributed by atoms with Crippen molar-refractivity contribution in [3.8, 4) is 0 Å². The van der Waals surface area contributed by atoms with Crippen LogP contribution in [0.25, 0.3) is 0 Å². The van der Waals surface area contributed by atoms with E-state index in [-0.39, 0.29) is 10.6 Å². The van der Waals surface area contributed by atoms with Crippen LogP contribution in [-0.4, -0.2) is 27.5 Å². The van der Waals surface area contributed by atoms with E-state index in [9.17, 15) is 26.4 Å². The Balaban J connectivity index is 1.85. The molecular weight excluding hydrogens is 419 g/mol. The lowest BCUT2D eigenvalue weighted by Gasteiger charge is -2.31. The molecule has 3 rings (SSSR count). The average Bonchev–Trinajstić information content (AvgIpc) is 2.68. The first-order valence-electron chi connectivity index (χ1n) is 9.43. The van der Waals surface area contributed by atoms with E-state index < -0.39 is 27.8 Å². The molecular formula is C20H22F3N3O3S. The summed E-state index contributed by atoms with van der Waals surface area (Å²) in [5, 5.41) is 2.29. The van der Waals surface area contributed by atoms with E-state index in [1.807, 2.05) is 9.62 Å². The van der Waals surface area contributed by atoms with Gasteiger partial charge in [-0.2, -0.15) is 13.2 Å². The third kappa shape index (κ3) is 5.24. The molecule has 30 heavy (non-hydrogen) atoms. The molecule has 0 bridgehead atoms. The summed E-state index contributed by atoms with van der Waals surface area (Å²) in [4.78, 5) is 14.1. The molecule has 1 heterocycles. The van der Waals surface area contributed by atoms with Gasteiger partial charge in [0.25, 0.3) is 10.0 Å². The number of anilines is 2. The van der Waals surface area contributed by atoms with Crippen molar-refractivity contribution in [1.29, 1.82) is 0 Å². The lowest BCUT2D eigenvalue weighted by atomic mass is 10.1. The van der Waals surface area contributed by atoms with Crippen molar-refractivity contribution in [1.82, 2.24) is 4.72 Å². The van der Waals surface area contributed by atoms with Gasteiger partial charge in [-0.05, 0) is 56.5 Å². The van der Waals surface area contributed by atoms with Crippen LogP contribution in [0.15, 0.2) is 47.4 Å². The number of sulfonamides is 1. The molecule has 0 unspecified atom stereocenters. The second-order valence-electron chi connectivity index (χ2n) is 7.15. The van der Waals surface area contributed by atoms with E-state index in [0.29, 0.717) is 18.8 Å². The number of carbonyl (C=O) groups excluding carboxylic acids is 1. The van der Waals surface area contributed by atoms with E-state index in [0.717, 1.165) is 37.0 Å². The van der Waals surface area contributed by atoms with Crippen LogP contribution in [0.2, 0.25) is 0 Å². The van der Waals surface area contributed by atoms with Gasteiger partial charge in [0.1, 0.15) is 0 Å². The summed E-state index contributed by atoms with van der Waals surface area (Å²) in [5.41, 5.74) is 0.238. The number of halogens is 3. The first-order chi connectivity index (χ1) is 14.1. The van der Waals surface area contributed by atoms with E-state index in [2.05, 4.69) is 5.32 Å². The zero-order chi connectivity index (χ0) is 21.9. The van der Waals surface area contributed by atoms with Gasteiger partial charge in [-0.1, -0.05) is 17.7 Å². The quantitative estimate of drug-likeness (QED) is 0.732. The van der Waals surface area contributed by atoms with Crippen LogP contribution in [0, 0.1) is 6.92 Å². The Morgan fingerprint density at radius 2 is 1.63 bits per heavy atom. The average molecular weight is 441 g/mol. The van der Waals surface area contributed by atoms with Crippen molar-refractivity contribution in [2.24, 2.45) is 0 Å². The van der Waals surface area contributed by atoms with Crippen LogP contribution in [0.5, 0.6) is 0 Å². The summed E-state index contributed by atoms with van der Waals surface area (Å²) in [6.07, 6.45) is -1.81. The number of rotatable bonds is 4. The molecule has 1 aliphatic heterocycles. The van der Waals surface area contributed by atoms with Crippen molar-refractivity contribution in [3.63, 3.8) is 0 Å². The normalized spacial score (nSPS) is 15.0. The number of nitrogens with one attached hydrogen (secondary N) is 2. The third-order valence-corrected chi connectivity index (χ3v) is 6.17. The highest BCUT2D eigenvalue weighted by Crippen LogP contribution is 2.36. The predicted octanol–water partition coefficient (Wildman–Crippen LogP) is 4.51. The molecule has 0 spiro atoms. The van der Waals surface area contributed by atoms with Crippen molar-refractivity contribution in [2.45, 2.75) is 37.3 Å². The lowest BCUT2D eigenvalue weighted by molar-refractivity contribution is -0.137. The summed E-state index contributed by atoms with van der Waals surface area (Å²) < 4.78 is 66.1. The molecule has 2 N–H and O–H groups in total. The van der Waals surface area contributed by atoms with Gasteiger partial charge in [0.15, 0.2) is 0 Å². The van der Waals surface area contributed by atoms with Crippen LogP contribution in [0.1, 0.15) is 30.4 Å². The van der Waals surface area contributed by atoms with Crippen LogP contribution in [-0.2, 0) is 16.2 Å². The molecule has 0 aromatic heterocycles. The van der Waals surface area contributed by atoms with Crippen LogP contribution >= 0.6 is 0 Å². The third-order valence-electron chi connectivity index (χ3n) is 4.83. The molecule has 0 saturated carbocycles. The summed E-state index contributed by atoms with van der Waals surface area (Å²) in [5.74, 6) is 0. The number of aryl methyl sites for hydroxylation is 1. The molecule has 2 aromatic rings. The van der Waals surface area contributed by atoms with Gasteiger partial charge < -0.3 is 10.2 Å². The fourth-order valence-electron chi connectivity index (χ4n) is 3.27. The van der Waals surface area contributed by atoms with E-state index in [1.54, 1.807) is 19.1 Å². The Bertz CT molecular complexity index is 1020. The summed E-state index contributed by atoms with van der Waals surface area (Å²) in [7, 11) is -4.17. The maximum Gasteiger partial charge on any atom is 0.416 e. The Hall–Kier alpha value is -2.75. The Morgan fingerprint density at radius 3 is 2.23 bits per heavy atom. The Morgan fingerprint density at radius 1 is 1.00 bits per heavy atom. The number of piperidine rings is 1. The Kier molecular flexibility index (Phi) is 6.25. The number of benzene rings is 2. The molecule has 10 heteroatoms. The second-order valence-corrected chi connectivity index (χ2v) is 8.83. The summed E-state index contributed by atoms with van der Waals surface area (Å²) >= 11 is 0. The number of amides is 2. The largest absolute Gasteiger partial charge is 0.416 e. The van der Waals surface area contributed by atoms with Crippen LogP contribution in [0.4, 0.5) is 29.3 Å². The summed E-state index contributed by atoms with van der Waals surface area (Å²) in [6, 6.07) is 7.79. The first kappa shape index (κ1) is 21.9. The number of hydrogen-bond donors (Lipinski definition) is 2. The topological polar surface area (TPSA) is 78.5 Å². The maximum atomic E-state index is 13.2. The maximum absolute atomic E-state index is 13.2. The number of urea groups is 1. The smallest absolute Gasteiger partial charge is 0.370 e. The minimum atomic E-state index is -4.60. The SMILES string of the molecule is Cc1ccc(S(=O)(=O)NC(=O)Nc2cc(C(F)(F)F)ccc2N2CCCCC2)cc1. The standard InChI is InChI=1S/C20H22F3N3O3S/c1-14-5-8-16(9-6-14)30(28,29)25-19(27)24-17-13-15(20(21,22)23)7-10-18(17)26-11-3-2-4-12-26/h5-10,13H,2-4,11-12H2,1H3,(H2,24,25,27). The van der Waals surface area contributed by atoms with Gasteiger partial charge >= 0.3 is 12.2 Å². The second kappa shape index (κ2) is 8.55. The van der Waals surface area contributed by atoms with Crippen molar-refractivity contribution in [2.75, 3.05) is 23.3 Å². The minimum absolute atomic E-state index is 0.0941. The number of hydrogen-bond acceptors (Lipinski definition) is 4. The van der Waals surface area contributed by atoms with Gasteiger partial charge in [-0.3, -0.25) is 0 Å². The molecule has 0 radical (unpaired) electrons. The molecule has 6 nitrogen and oxygen atoms in total. The molecule has 1 saturated heterocycles. The highest BCUT2D eigenvalue weighted by Gasteiger charge is 2.32. The predicted molar refractivity (Wildman–Crippen MR) is 108 cm³/mol. The van der Waals surface area contributed by atoms with Crippen LogP contribution < -0.4 is 14.9 Å². The van der Waals surface area contributed by atoms with Gasteiger partial charge in [-0.25, -0.2) is 17.9 Å². The van der Waals surface area contributed by atoms with Crippen molar-refractivity contribution in [3.05, 3.63) is 53.6 Å². The van der Waals surface area contributed by atoms with E-state index >= 15 is 0 Å². The number of nitrogens with zero attached hydrogens (tertiary/aromatic N) is 1. The van der Waals surface area contributed by atoms with Crippen molar-refractivity contribution >= 4 is 27.4 Å². The Labute approximate surface area is 173 Å². The highest BCUT2D eigenvalue weighted by molar-refractivity contribution is 7.90. The van der Waals surface area contributed by atoms with Gasteiger partial charge in [0.2, 0.25) is 0 Å². The van der Waals surface area contributed by atoms with E-state index in [4.69, 9.17) is 0 Å². The van der Waals surface area contributed by atoms with E-state index in [1.165, 1.54) is 18.2 Å². The van der Waals surface area contributed by atoms with Gasteiger partial charge in [0.05, 0.1) is 21.8 Å². The fourth-order valence-corrected chi connectivity index (χ4v) is 4.18. The zero-order valence-corrected chi connectivity index (χ0v) is 17.1. The summed E-state index contributed by atoms with van der Waals surface area (Å²) in [6.45, 7) is 3.07.